The second-order valence-electron chi connectivity index (χ2n) is 5.01. The monoisotopic (exact) mass is 291 g/mol. The Kier molecular flexibility index (Phi) is 3.58. The molecule has 1 aliphatic carbocycles. The Balaban J connectivity index is 1.95. The van der Waals surface area contributed by atoms with Crippen LogP contribution in [-0.4, -0.2) is 40.1 Å². The minimum Gasteiger partial charge on any atom is -0.397 e. The SMILES string of the molecule is Nc1c(C(=O)N(CCO)C2CCC2)sc2ncccc12. The maximum absolute atomic E-state index is 12.7. The van der Waals surface area contributed by atoms with Gasteiger partial charge < -0.3 is 15.7 Å². The highest BCUT2D eigenvalue weighted by molar-refractivity contribution is 7.21. The van der Waals surface area contributed by atoms with Crippen molar-refractivity contribution in [3.8, 4) is 0 Å². The quantitative estimate of drug-likeness (QED) is 0.901. The molecule has 0 radical (unpaired) electrons. The number of aromatic nitrogens is 1. The van der Waals surface area contributed by atoms with Crippen LogP contribution in [0.15, 0.2) is 18.3 Å². The highest BCUT2D eigenvalue weighted by atomic mass is 32.1. The summed E-state index contributed by atoms with van der Waals surface area (Å²) in [6.07, 6.45) is 4.86. The van der Waals surface area contributed by atoms with Crippen LogP contribution >= 0.6 is 11.3 Å². The largest absolute Gasteiger partial charge is 0.397 e. The van der Waals surface area contributed by atoms with Crippen molar-refractivity contribution < 1.29 is 9.90 Å². The summed E-state index contributed by atoms with van der Waals surface area (Å²) in [5, 5.41) is 10.0. The number of thiophene rings is 1. The number of aliphatic hydroxyl groups excluding tert-OH is 1. The smallest absolute Gasteiger partial charge is 0.266 e. The number of hydrogen-bond acceptors (Lipinski definition) is 5. The van der Waals surface area contributed by atoms with Crippen LogP contribution in [0.1, 0.15) is 28.9 Å². The van der Waals surface area contributed by atoms with Gasteiger partial charge in [0, 0.05) is 24.2 Å². The van der Waals surface area contributed by atoms with Crippen LogP contribution < -0.4 is 5.73 Å². The van der Waals surface area contributed by atoms with E-state index in [0.717, 1.165) is 29.5 Å². The van der Waals surface area contributed by atoms with Crippen molar-refractivity contribution in [3.05, 3.63) is 23.2 Å². The number of rotatable bonds is 4. The van der Waals surface area contributed by atoms with Crippen molar-refractivity contribution in [2.24, 2.45) is 0 Å². The molecule has 0 bridgehead atoms. The molecule has 1 saturated carbocycles. The van der Waals surface area contributed by atoms with Gasteiger partial charge in [0.2, 0.25) is 0 Å². The van der Waals surface area contributed by atoms with Gasteiger partial charge in [-0.25, -0.2) is 4.98 Å². The van der Waals surface area contributed by atoms with E-state index in [1.807, 2.05) is 12.1 Å². The number of nitrogens with two attached hydrogens (primary N) is 1. The van der Waals surface area contributed by atoms with Gasteiger partial charge in [0.05, 0.1) is 12.3 Å². The Hall–Kier alpha value is -1.66. The molecule has 1 aliphatic rings. The first-order chi connectivity index (χ1) is 9.72. The first-order valence-electron chi connectivity index (χ1n) is 6.77. The molecular weight excluding hydrogens is 274 g/mol. The van der Waals surface area contributed by atoms with Crippen molar-refractivity contribution >= 4 is 33.1 Å². The number of anilines is 1. The molecule has 0 atom stereocenters. The van der Waals surface area contributed by atoms with Crippen LogP contribution in [-0.2, 0) is 0 Å². The summed E-state index contributed by atoms with van der Waals surface area (Å²) in [6, 6.07) is 3.94. The Morgan fingerprint density at radius 2 is 2.35 bits per heavy atom. The molecule has 5 nitrogen and oxygen atoms in total. The normalized spacial score (nSPS) is 15.2. The fraction of sp³-hybridized carbons (Fsp3) is 0.429. The fourth-order valence-electron chi connectivity index (χ4n) is 2.50. The summed E-state index contributed by atoms with van der Waals surface area (Å²) in [5.41, 5.74) is 6.60. The summed E-state index contributed by atoms with van der Waals surface area (Å²) in [7, 11) is 0. The third-order valence-corrected chi connectivity index (χ3v) is 4.93. The molecule has 2 aromatic heterocycles. The summed E-state index contributed by atoms with van der Waals surface area (Å²) in [6.45, 7) is 0.343. The number of hydrogen-bond donors (Lipinski definition) is 2. The van der Waals surface area contributed by atoms with E-state index in [4.69, 9.17) is 5.73 Å². The molecule has 2 heterocycles. The van der Waals surface area contributed by atoms with Crippen LogP contribution in [0.3, 0.4) is 0 Å². The van der Waals surface area contributed by atoms with E-state index < -0.39 is 0 Å². The van der Waals surface area contributed by atoms with Gasteiger partial charge in [-0.2, -0.15) is 0 Å². The molecule has 6 heteroatoms. The molecule has 0 unspecified atom stereocenters. The highest BCUT2D eigenvalue weighted by Gasteiger charge is 2.31. The summed E-state index contributed by atoms with van der Waals surface area (Å²) in [5.74, 6) is -0.0794. The summed E-state index contributed by atoms with van der Waals surface area (Å²) >= 11 is 1.33. The minimum atomic E-state index is -0.0794. The predicted octanol–water partition coefficient (Wildman–Crippen LogP) is 1.87. The third-order valence-electron chi connectivity index (χ3n) is 3.82. The molecule has 106 valence electrons. The van der Waals surface area contributed by atoms with Crippen LogP contribution in [0.5, 0.6) is 0 Å². The minimum absolute atomic E-state index is 0.0225. The maximum atomic E-state index is 12.7. The lowest BCUT2D eigenvalue weighted by Gasteiger charge is -2.37. The van der Waals surface area contributed by atoms with Gasteiger partial charge in [0.1, 0.15) is 9.71 Å². The molecule has 0 saturated heterocycles. The average molecular weight is 291 g/mol. The van der Waals surface area contributed by atoms with E-state index in [9.17, 15) is 9.90 Å². The number of aliphatic hydroxyl groups is 1. The van der Waals surface area contributed by atoms with Crippen molar-refractivity contribution in [2.45, 2.75) is 25.3 Å². The first kappa shape index (κ1) is 13.3. The standard InChI is InChI=1S/C14H17N3O2S/c15-11-10-5-2-6-16-13(10)20-12(11)14(19)17(7-8-18)9-3-1-4-9/h2,5-6,9,18H,1,3-4,7-8,15H2. The lowest BCUT2D eigenvalue weighted by Crippen LogP contribution is -2.45. The first-order valence-corrected chi connectivity index (χ1v) is 7.59. The van der Waals surface area contributed by atoms with Crippen LogP contribution in [0.4, 0.5) is 5.69 Å². The Labute approximate surface area is 121 Å². The zero-order valence-electron chi connectivity index (χ0n) is 11.1. The zero-order valence-corrected chi connectivity index (χ0v) is 11.9. The second kappa shape index (κ2) is 5.38. The van der Waals surface area contributed by atoms with Gasteiger partial charge >= 0.3 is 0 Å². The van der Waals surface area contributed by atoms with Gasteiger partial charge in [-0.15, -0.1) is 11.3 Å². The predicted molar refractivity (Wildman–Crippen MR) is 79.8 cm³/mol. The molecule has 0 aromatic carbocycles. The van der Waals surface area contributed by atoms with Crippen LogP contribution in [0.25, 0.3) is 10.2 Å². The number of carbonyl (C=O) groups is 1. The van der Waals surface area contributed by atoms with E-state index in [1.54, 1.807) is 11.1 Å². The highest BCUT2D eigenvalue weighted by Crippen LogP contribution is 2.34. The maximum Gasteiger partial charge on any atom is 0.266 e. The lowest BCUT2D eigenvalue weighted by molar-refractivity contribution is 0.0531. The van der Waals surface area contributed by atoms with Gasteiger partial charge in [-0.05, 0) is 31.4 Å². The van der Waals surface area contributed by atoms with Crippen molar-refractivity contribution in [1.82, 2.24) is 9.88 Å². The average Bonchev–Trinajstić information content (AvgIpc) is 2.73. The number of fused-ring (bicyclic) bond motifs is 1. The molecule has 1 amide bonds. The van der Waals surface area contributed by atoms with Gasteiger partial charge in [0.15, 0.2) is 0 Å². The van der Waals surface area contributed by atoms with Gasteiger partial charge in [-0.1, -0.05) is 0 Å². The molecule has 3 N–H and O–H groups in total. The molecule has 0 aliphatic heterocycles. The van der Waals surface area contributed by atoms with E-state index in [2.05, 4.69) is 4.98 Å². The van der Waals surface area contributed by atoms with Crippen molar-refractivity contribution in [1.29, 1.82) is 0 Å². The molecule has 0 spiro atoms. The zero-order chi connectivity index (χ0) is 14.1. The second-order valence-corrected chi connectivity index (χ2v) is 6.01. The Bertz CT molecular complexity index is 636. The van der Waals surface area contributed by atoms with Crippen LogP contribution in [0, 0.1) is 0 Å². The number of carbonyl (C=O) groups excluding carboxylic acids is 1. The van der Waals surface area contributed by atoms with E-state index in [-0.39, 0.29) is 18.6 Å². The number of pyridine rings is 1. The van der Waals surface area contributed by atoms with Gasteiger partial charge in [-0.3, -0.25) is 4.79 Å². The molecule has 2 aromatic rings. The van der Waals surface area contributed by atoms with E-state index in [0.29, 0.717) is 17.1 Å². The summed E-state index contributed by atoms with van der Waals surface area (Å²) in [4.78, 5) is 20.0. The number of amides is 1. The topological polar surface area (TPSA) is 79.5 Å². The van der Waals surface area contributed by atoms with E-state index >= 15 is 0 Å². The number of nitrogens with zero attached hydrogens (tertiary/aromatic N) is 2. The Morgan fingerprint density at radius 1 is 1.55 bits per heavy atom. The van der Waals surface area contributed by atoms with E-state index in [1.165, 1.54) is 11.3 Å². The Morgan fingerprint density at radius 3 is 2.95 bits per heavy atom. The molecular formula is C14H17N3O2S. The molecule has 3 rings (SSSR count). The molecule has 1 fully saturated rings. The number of nitrogen functional groups attached to an aromatic ring is 1. The third kappa shape index (κ3) is 2.14. The van der Waals surface area contributed by atoms with Gasteiger partial charge in [0.25, 0.3) is 5.91 Å². The van der Waals surface area contributed by atoms with Crippen LogP contribution in [0.2, 0.25) is 0 Å². The van der Waals surface area contributed by atoms with Crippen molar-refractivity contribution in [2.75, 3.05) is 18.9 Å². The lowest BCUT2D eigenvalue weighted by atomic mass is 9.91. The molecule has 20 heavy (non-hydrogen) atoms. The van der Waals surface area contributed by atoms with Crippen molar-refractivity contribution in [3.63, 3.8) is 0 Å². The fourth-order valence-corrected chi connectivity index (χ4v) is 3.52. The summed E-state index contributed by atoms with van der Waals surface area (Å²) < 4.78 is 0.